The highest BCUT2D eigenvalue weighted by atomic mass is 16.5. The molecule has 0 radical (unpaired) electrons. The summed E-state index contributed by atoms with van der Waals surface area (Å²) in [6, 6.07) is 7.57. The molecule has 1 amide bonds. The van der Waals surface area contributed by atoms with Gasteiger partial charge in [-0.15, -0.1) is 0 Å². The van der Waals surface area contributed by atoms with Crippen molar-refractivity contribution in [1.82, 2.24) is 0 Å². The highest BCUT2D eigenvalue weighted by Crippen LogP contribution is 2.28. The molecule has 3 rings (SSSR count). The summed E-state index contributed by atoms with van der Waals surface area (Å²) >= 11 is 0. The Hall–Kier alpha value is -1.55. The SMILES string of the molecule is O=C(Nc1ccc(OCC2CCCO2)cc1)C1CCC1. The molecule has 4 heteroatoms. The number of nitrogens with one attached hydrogen (secondary N) is 1. The van der Waals surface area contributed by atoms with Crippen molar-refractivity contribution >= 4 is 11.6 Å². The van der Waals surface area contributed by atoms with Crippen LogP contribution < -0.4 is 10.1 Å². The molecule has 0 aromatic heterocycles. The fourth-order valence-electron chi connectivity index (χ4n) is 2.51. The predicted molar refractivity (Wildman–Crippen MR) is 76.9 cm³/mol. The van der Waals surface area contributed by atoms with E-state index in [1.165, 1.54) is 6.42 Å². The minimum absolute atomic E-state index is 0.143. The van der Waals surface area contributed by atoms with Crippen LogP contribution in [0.1, 0.15) is 32.1 Å². The molecule has 1 aromatic carbocycles. The average Bonchev–Trinajstić information content (AvgIpc) is 2.89. The molecular weight excluding hydrogens is 254 g/mol. The van der Waals surface area contributed by atoms with Crippen molar-refractivity contribution in [3.05, 3.63) is 24.3 Å². The van der Waals surface area contributed by atoms with Gasteiger partial charge in [0, 0.05) is 18.2 Å². The molecule has 2 aliphatic rings. The van der Waals surface area contributed by atoms with E-state index in [1.807, 2.05) is 24.3 Å². The van der Waals surface area contributed by atoms with E-state index in [-0.39, 0.29) is 17.9 Å². The summed E-state index contributed by atoms with van der Waals surface area (Å²) in [5.74, 6) is 1.18. The van der Waals surface area contributed by atoms with Gasteiger partial charge in [-0.1, -0.05) is 6.42 Å². The van der Waals surface area contributed by atoms with Crippen molar-refractivity contribution in [2.45, 2.75) is 38.2 Å². The summed E-state index contributed by atoms with van der Waals surface area (Å²) in [6.45, 7) is 1.45. The van der Waals surface area contributed by atoms with Gasteiger partial charge in [0.2, 0.25) is 5.91 Å². The minimum atomic E-state index is 0.143. The van der Waals surface area contributed by atoms with Crippen LogP contribution >= 0.6 is 0 Å². The number of amides is 1. The number of hydrogen-bond acceptors (Lipinski definition) is 3. The van der Waals surface area contributed by atoms with E-state index in [9.17, 15) is 4.79 Å². The third kappa shape index (κ3) is 3.31. The van der Waals surface area contributed by atoms with Crippen LogP contribution in [0.15, 0.2) is 24.3 Å². The van der Waals surface area contributed by atoms with E-state index in [2.05, 4.69) is 5.32 Å². The Morgan fingerprint density at radius 1 is 1.20 bits per heavy atom. The van der Waals surface area contributed by atoms with Crippen molar-refractivity contribution in [3.63, 3.8) is 0 Å². The third-order valence-electron chi connectivity index (χ3n) is 4.06. The molecule has 1 atom stereocenters. The zero-order valence-electron chi connectivity index (χ0n) is 11.6. The third-order valence-corrected chi connectivity index (χ3v) is 4.06. The van der Waals surface area contributed by atoms with Crippen molar-refractivity contribution in [3.8, 4) is 5.75 Å². The second-order valence-corrected chi connectivity index (χ2v) is 5.59. The lowest BCUT2D eigenvalue weighted by molar-refractivity contribution is -0.122. The maximum Gasteiger partial charge on any atom is 0.227 e. The Labute approximate surface area is 119 Å². The molecule has 0 bridgehead atoms. The molecule has 1 heterocycles. The van der Waals surface area contributed by atoms with Crippen LogP contribution in [0.2, 0.25) is 0 Å². The van der Waals surface area contributed by atoms with Crippen LogP contribution in [-0.4, -0.2) is 25.2 Å². The van der Waals surface area contributed by atoms with Crippen molar-refractivity contribution in [1.29, 1.82) is 0 Å². The molecule has 108 valence electrons. The van der Waals surface area contributed by atoms with Crippen molar-refractivity contribution in [2.75, 3.05) is 18.5 Å². The Balaban J connectivity index is 1.47. The van der Waals surface area contributed by atoms with Crippen LogP contribution in [0.25, 0.3) is 0 Å². The first-order chi connectivity index (χ1) is 9.81. The predicted octanol–water partition coefficient (Wildman–Crippen LogP) is 2.98. The normalized spacial score (nSPS) is 22.3. The van der Waals surface area contributed by atoms with Crippen LogP contribution in [0.3, 0.4) is 0 Å². The topological polar surface area (TPSA) is 47.6 Å². The zero-order chi connectivity index (χ0) is 13.8. The first-order valence-corrected chi connectivity index (χ1v) is 7.46. The highest BCUT2D eigenvalue weighted by molar-refractivity contribution is 5.93. The Kier molecular flexibility index (Phi) is 4.21. The van der Waals surface area contributed by atoms with Gasteiger partial charge >= 0.3 is 0 Å². The molecule has 4 nitrogen and oxygen atoms in total. The second-order valence-electron chi connectivity index (χ2n) is 5.59. The molecule has 0 spiro atoms. The number of benzene rings is 1. The summed E-state index contributed by atoms with van der Waals surface area (Å²) in [5, 5.41) is 2.95. The molecule has 1 aliphatic carbocycles. The van der Waals surface area contributed by atoms with Crippen LogP contribution in [0.4, 0.5) is 5.69 Å². The van der Waals surface area contributed by atoms with Gasteiger partial charge in [0.05, 0.1) is 6.10 Å². The standard InChI is InChI=1S/C16H21NO3/c18-16(12-3-1-4-12)17-13-6-8-14(9-7-13)20-11-15-5-2-10-19-15/h6-9,12,15H,1-5,10-11H2,(H,17,18). The van der Waals surface area contributed by atoms with Crippen molar-refractivity contribution in [2.24, 2.45) is 5.92 Å². The molecule has 1 saturated heterocycles. The monoisotopic (exact) mass is 275 g/mol. The summed E-state index contributed by atoms with van der Waals surface area (Å²) in [7, 11) is 0. The summed E-state index contributed by atoms with van der Waals surface area (Å²) in [5.41, 5.74) is 0.839. The maximum absolute atomic E-state index is 11.8. The van der Waals surface area contributed by atoms with Crippen molar-refractivity contribution < 1.29 is 14.3 Å². The zero-order valence-corrected chi connectivity index (χ0v) is 11.6. The highest BCUT2D eigenvalue weighted by Gasteiger charge is 2.25. The number of carbonyl (C=O) groups excluding carboxylic acids is 1. The maximum atomic E-state index is 11.8. The van der Waals surface area contributed by atoms with Gasteiger partial charge in [-0.05, 0) is 49.9 Å². The molecule has 1 aliphatic heterocycles. The lowest BCUT2D eigenvalue weighted by Gasteiger charge is -2.24. The molecular formula is C16H21NO3. The fraction of sp³-hybridized carbons (Fsp3) is 0.562. The van der Waals surface area contributed by atoms with E-state index in [4.69, 9.17) is 9.47 Å². The summed E-state index contributed by atoms with van der Waals surface area (Å²) in [6.07, 6.45) is 5.65. The minimum Gasteiger partial charge on any atom is -0.491 e. The Morgan fingerprint density at radius 3 is 2.60 bits per heavy atom. The van der Waals surface area contributed by atoms with Crippen LogP contribution in [0.5, 0.6) is 5.75 Å². The number of anilines is 1. The van der Waals surface area contributed by atoms with Crippen LogP contribution in [0, 0.1) is 5.92 Å². The molecule has 2 fully saturated rings. The quantitative estimate of drug-likeness (QED) is 0.898. The number of ether oxygens (including phenoxy) is 2. The van der Waals surface area contributed by atoms with Gasteiger partial charge < -0.3 is 14.8 Å². The van der Waals surface area contributed by atoms with Gasteiger partial charge in [-0.2, -0.15) is 0 Å². The average molecular weight is 275 g/mol. The van der Waals surface area contributed by atoms with Gasteiger partial charge in [0.25, 0.3) is 0 Å². The lowest BCUT2D eigenvalue weighted by atomic mass is 9.85. The van der Waals surface area contributed by atoms with E-state index < -0.39 is 0 Å². The lowest BCUT2D eigenvalue weighted by Crippen LogP contribution is -2.27. The Bertz CT molecular complexity index is 447. The van der Waals surface area contributed by atoms with E-state index >= 15 is 0 Å². The van der Waals surface area contributed by atoms with Gasteiger partial charge in [-0.25, -0.2) is 0 Å². The first-order valence-electron chi connectivity index (χ1n) is 7.46. The van der Waals surface area contributed by atoms with Gasteiger partial charge in [-0.3, -0.25) is 4.79 Å². The van der Waals surface area contributed by atoms with Gasteiger partial charge in [0.1, 0.15) is 12.4 Å². The molecule has 1 unspecified atom stereocenters. The molecule has 20 heavy (non-hydrogen) atoms. The summed E-state index contributed by atoms with van der Waals surface area (Å²) in [4.78, 5) is 11.8. The largest absolute Gasteiger partial charge is 0.491 e. The smallest absolute Gasteiger partial charge is 0.227 e. The molecule has 1 aromatic rings. The second kappa shape index (κ2) is 6.27. The first kappa shape index (κ1) is 13.4. The van der Waals surface area contributed by atoms with Gasteiger partial charge in [0.15, 0.2) is 0 Å². The molecule has 1 saturated carbocycles. The van der Waals surface area contributed by atoms with Crippen LogP contribution in [-0.2, 0) is 9.53 Å². The number of carbonyl (C=O) groups is 1. The summed E-state index contributed by atoms with van der Waals surface area (Å²) < 4.78 is 11.2. The van der Waals surface area contributed by atoms with E-state index in [0.29, 0.717) is 6.61 Å². The fourth-order valence-corrected chi connectivity index (χ4v) is 2.51. The number of hydrogen-bond donors (Lipinski definition) is 1. The Morgan fingerprint density at radius 2 is 2.00 bits per heavy atom. The number of rotatable bonds is 5. The molecule has 1 N–H and O–H groups in total. The van der Waals surface area contributed by atoms with E-state index in [0.717, 1.165) is 43.7 Å². The van der Waals surface area contributed by atoms with E-state index in [1.54, 1.807) is 0 Å².